The highest BCUT2D eigenvalue weighted by atomic mass is 16.2. The maximum absolute atomic E-state index is 12.6. The largest absolute Gasteiger partial charge is 0.356 e. The van der Waals surface area contributed by atoms with Gasteiger partial charge >= 0.3 is 0 Å². The molecular weight excluding hydrogens is 304 g/mol. The Kier molecular flexibility index (Phi) is 3.70. The molecule has 2 aliphatic heterocycles. The highest BCUT2D eigenvalue weighted by Gasteiger charge is 2.28. The number of amides is 1. The van der Waals surface area contributed by atoms with Crippen LogP contribution in [0.1, 0.15) is 46.1 Å². The molecular formula is C17H22N6O. The van der Waals surface area contributed by atoms with Gasteiger partial charge in [0.1, 0.15) is 17.3 Å². The van der Waals surface area contributed by atoms with Gasteiger partial charge < -0.3 is 9.80 Å². The van der Waals surface area contributed by atoms with E-state index in [1.54, 1.807) is 6.07 Å². The first-order valence-corrected chi connectivity index (χ1v) is 8.54. The molecule has 0 aliphatic carbocycles. The summed E-state index contributed by atoms with van der Waals surface area (Å²) in [5.74, 6) is 1.82. The number of carbonyl (C=O) groups excluding carboxylic acids is 1. The lowest BCUT2D eigenvalue weighted by molar-refractivity contribution is 0.0725. The summed E-state index contributed by atoms with van der Waals surface area (Å²) in [5, 5.41) is 6.92. The predicted octanol–water partition coefficient (Wildman–Crippen LogP) is 1.62. The normalized spacial score (nSPS) is 17.2. The highest BCUT2D eigenvalue weighted by Crippen LogP contribution is 2.29. The molecule has 0 spiro atoms. The van der Waals surface area contributed by atoms with E-state index < -0.39 is 0 Å². The molecule has 1 fully saturated rings. The van der Waals surface area contributed by atoms with Crippen molar-refractivity contribution in [3.05, 3.63) is 34.5 Å². The summed E-state index contributed by atoms with van der Waals surface area (Å²) in [4.78, 5) is 26.1. The molecule has 0 bridgehead atoms. The number of nitrogens with one attached hydrogen (secondary N) is 1. The van der Waals surface area contributed by atoms with Crippen molar-refractivity contribution in [3.8, 4) is 0 Å². The first-order valence-electron chi connectivity index (χ1n) is 8.54. The van der Waals surface area contributed by atoms with E-state index in [4.69, 9.17) is 4.98 Å². The Labute approximate surface area is 141 Å². The lowest BCUT2D eigenvalue weighted by atomic mass is 10.0. The van der Waals surface area contributed by atoms with Gasteiger partial charge in [0.15, 0.2) is 0 Å². The molecule has 2 aliphatic rings. The smallest absolute Gasteiger partial charge is 0.274 e. The van der Waals surface area contributed by atoms with E-state index in [1.165, 1.54) is 18.4 Å². The van der Waals surface area contributed by atoms with Gasteiger partial charge in [-0.05, 0) is 39.2 Å². The summed E-state index contributed by atoms with van der Waals surface area (Å²) >= 11 is 0. The molecule has 4 heterocycles. The third-order valence-electron chi connectivity index (χ3n) is 4.77. The number of rotatable bonds is 2. The molecule has 0 radical (unpaired) electrons. The standard InChI is InChI=1S/C17H22N6O/c1-11-9-14(21-20-11)17(24)23-8-5-13-15(10-23)18-12(2)19-16(13)22-6-3-4-7-22/h9H,3-8,10H2,1-2H3,(H,20,21). The van der Waals surface area contributed by atoms with Crippen molar-refractivity contribution in [3.63, 3.8) is 0 Å². The Morgan fingerprint density at radius 3 is 2.67 bits per heavy atom. The number of aromatic amines is 1. The van der Waals surface area contributed by atoms with Crippen molar-refractivity contribution >= 4 is 11.7 Å². The Morgan fingerprint density at radius 2 is 1.96 bits per heavy atom. The molecule has 0 aromatic carbocycles. The molecule has 2 aromatic rings. The van der Waals surface area contributed by atoms with Gasteiger partial charge in [-0.25, -0.2) is 9.97 Å². The van der Waals surface area contributed by atoms with Crippen LogP contribution in [-0.2, 0) is 13.0 Å². The average molecular weight is 326 g/mol. The summed E-state index contributed by atoms with van der Waals surface area (Å²) < 4.78 is 0. The highest BCUT2D eigenvalue weighted by molar-refractivity contribution is 5.92. The minimum atomic E-state index is -0.0380. The number of aromatic nitrogens is 4. The zero-order valence-electron chi connectivity index (χ0n) is 14.2. The number of carbonyl (C=O) groups is 1. The second kappa shape index (κ2) is 5.89. The summed E-state index contributed by atoms with van der Waals surface area (Å²) in [6.07, 6.45) is 3.25. The Hall–Kier alpha value is -2.44. The van der Waals surface area contributed by atoms with Gasteiger partial charge in [0.25, 0.3) is 5.91 Å². The fourth-order valence-corrected chi connectivity index (χ4v) is 3.58. The third kappa shape index (κ3) is 2.64. The van der Waals surface area contributed by atoms with Crippen LogP contribution in [0.25, 0.3) is 0 Å². The summed E-state index contributed by atoms with van der Waals surface area (Å²) in [6.45, 7) is 7.18. The summed E-state index contributed by atoms with van der Waals surface area (Å²) in [5.41, 5.74) is 3.56. The van der Waals surface area contributed by atoms with Crippen LogP contribution in [0.4, 0.5) is 5.82 Å². The monoisotopic (exact) mass is 326 g/mol. The van der Waals surface area contributed by atoms with Crippen molar-refractivity contribution in [2.45, 2.75) is 39.7 Å². The van der Waals surface area contributed by atoms with Crippen molar-refractivity contribution in [2.24, 2.45) is 0 Å². The molecule has 1 amide bonds. The fourth-order valence-electron chi connectivity index (χ4n) is 3.58. The van der Waals surface area contributed by atoms with E-state index in [1.807, 2.05) is 18.7 Å². The van der Waals surface area contributed by atoms with Crippen LogP contribution >= 0.6 is 0 Å². The summed E-state index contributed by atoms with van der Waals surface area (Å²) in [6, 6.07) is 1.79. The van der Waals surface area contributed by atoms with Crippen molar-refractivity contribution < 1.29 is 4.79 Å². The zero-order valence-corrected chi connectivity index (χ0v) is 14.2. The molecule has 7 heteroatoms. The Morgan fingerprint density at radius 1 is 1.17 bits per heavy atom. The lowest BCUT2D eigenvalue weighted by Crippen LogP contribution is -2.38. The van der Waals surface area contributed by atoms with E-state index >= 15 is 0 Å². The molecule has 24 heavy (non-hydrogen) atoms. The van der Waals surface area contributed by atoms with E-state index in [0.717, 1.165) is 42.5 Å². The fraction of sp³-hybridized carbons (Fsp3) is 0.529. The number of anilines is 1. The van der Waals surface area contributed by atoms with Gasteiger partial charge in [-0.15, -0.1) is 0 Å². The van der Waals surface area contributed by atoms with Crippen LogP contribution in [0.5, 0.6) is 0 Å². The molecule has 0 unspecified atom stereocenters. The molecule has 0 saturated carbocycles. The van der Waals surface area contributed by atoms with Crippen LogP contribution in [-0.4, -0.2) is 50.6 Å². The molecule has 2 aromatic heterocycles. The van der Waals surface area contributed by atoms with Gasteiger partial charge in [0.2, 0.25) is 0 Å². The lowest BCUT2D eigenvalue weighted by Gasteiger charge is -2.30. The number of H-pyrrole nitrogens is 1. The number of fused-ring (bicyclic) bond motifs is 1. The second-order valence-corrected chi connectivity index (χ2v) is 6.63. The SMILES string of the molecule is Cc1nc2c(c(N3CCCC3)n1)CCN(C(=O)c1cc(C)[nH]n1)C2. The second-order valence-electron chi connectivity index (χ2n) is 6.63. The van der Waals surface area contributed by atoms with Gasteiger partial charge in [0, 0.05) is 30.9 Å². The van der Waals surface area contributed by atoms with Crippen LogP contribution in [0.2, 0.25) is 0 Å². The van der Waals surface area contributed by atoms with Crippen molar-refractivity contribution in [1.29, 1.82) is 0 Å². The van der Waals surface area contributed by atoms with Crippen LogP contribution in [0, 0.1) is 13.8 Å². The maximum Gasteiger partial charge on any atom is 0.274 e. The van der Waals surface area contributed by atoms with Crippen molar-refractivity contribution in [2.75, 3.05) is 24.5 Å². The topological polar surface area (TPSA) is 78.0 Å². The minimum Gasteiger partial charge on any atom is -0.356 e. The number of hydrogen-bond donors (Lipinski definition) is 1. The van der Waals surface area contributed by atoms with E-state index in [2.05, 4.69) is 20.1 Å². The van der Waals surface area contributed by atoms with Crippen molar-refractivity contribution in [1.82, 2.24) is 25.1 Å². The van der Waals surface area contributed by atoms with E-state index in [0.29, 0.717) is 18.8 Å². The Balaban J connectivity index is 1.62. The number of aryl methyl sites for hydroxylation is 2. The number of nitrogens with zero attached hydrogens (tertiary/aromatic N) is 5. The van der Waals surface area contributed by atoms with E-state index in [9.17, 15) is 4.79 Å². The van der Waals surface area contributed by atoms with Gasteiger partial charge in [-0.2, -0.15) is 5.10 Å². The van der Waals surface area contributed by atoms with Crippen LogP contribution < -0.4 is 4.90 Å². The van der Waals surface area contributed by atoms with Crippen LogP contribution in [0.3, 0.4) is 0 Å². The van der Waals surface area contributed by atoms with Crippen LogP contribution in [0.15, 0.2) is 6.07 Å². The quantitative estimate of drug-likeness (QED) is 0.907. The molecule has 7 nitrogen and oxygen atoms in total. The summed E-state index contributed by atoms with van der Waals surface area (Å²) in [7, 11) is 0. The average Bonchev–Trinajstić information content (AvgIpc) is 3.24. The first kappa shape index (κ1) is 15.1. The van der Waals surface area contributed by atoms with Gasteiger partial charge in [-0.3, -0.25) is 9.89 Å². The first-order chi connectivity index (χ1) is 11.6. The minimum absolute atomic E-state index is 0.0380. The zero-order chi connectivity index (χ0) is 16.7. The third-order valence-corrected chi connectivity index (χ3v) is 4.77. The predicted molar refractivity (Wildman–Crippen MR) is 90.0 cm³/mol. The maximum atomic E-state index is 12.6. The van der Waals surface area contributed by atoms with Gasteiger partial charge in [-0.1, -0.05) is 0 Å². The molecule has 1 N–H and O–H groups in total. The molecule has 126 valence electrons. The number of hydrogen-bond acceptors (Lipinski definition) is 5. The Bertz CT molecular complexity index is 777. The molecule has 0 atom stereocenters. The van der Waals surface area contributed by atoms with Gasteiger partial charge in [0.05, 0.1) is 12.2 Å². The molecule has 1 saturated heterocycles. The van der Waals surface area contributed by atoms with E-state index in [-0.39, 0.29) is 5.91 Å². The molecule has 4 rings (SSSR count).